The normalized spacial score (nSPS) is 11.4. The van der Waals surface area contributed by atoms with E-state index in [2.05, 4.69) is 164 Å². The van der Waals surface area contributed by atoms with Gasteiger partial charge in [-0.2, -0.15) is 0 Å². The van der Waals surface area contributed by atoms with Crippen LogP contribution < -0.4 is 24.8 Å². The van der Waals surface area contributed by atoms with Crippen LogP contribution in [0, 0.1) is 6.92 Å². The molecule has 0 saturated carbocycles. The molecule has 0 unspecified atom stereocenters. The van der Waals surface area contributed by atoms with Crippen LogP contribution >= 0.6 is 0 Å². The van der Waals surface area contributed by atoms with Crippen molar-refractivity contribution >= 4 is 43.1 Å². The summed E-state index contributed by atoms with van der Waals surface area (Å²) in [5, 5.41) is 10.8. The minimum absolute atomic E-state index is 0. The third kappa shape index (κ3) is 6.92. The van der Waals surface area contributed by atoms with Gasteiger partial charge in [0.25, 0.3) is 0 Å². The minimum atomic E-state index is 0. The summed E-state index contributed by atoms with van der Waals surface area (Å²) in [7, 11) is 0. The molecule has 0 spiro atoms. The van der Waals surface area contributed by atoms with E-state index in [1.54, 1.807) is 0 Å². The molecule has 0 aliphatic carbocycles. The molecule has 0 bridgehead atoms. The van der Waals surface area contributed by atoms with Crippen LogP contribution in [-0.2, 0) is 37.0 Å². The van der Waals surface area contributed by atoms with Crippen LogP contribution in [0.4, 0.5) is 0 Å². The zero-order valence-corrected chi connectivity index (χ0v) is 30.7. The van der Waals surface area contributed by atoms with Gasteiger partial charge in [0.05, 0.1) is 0 Å². The Morgan fingerprint density at radius 3 is 1.52 bits per heavy atom. The fourth-order valence-electron chi connectivity index (χ4n) is 6.07. The molecule has 222 valence electrons. The topological polar surface area (TPSA) is 0 Å². The fourth-order valence-corrected chi connectivity index (χ4v) is 6.07. The van der Waals surface area contributed by atoms with Crippen LogP contribution in [0.15, 0.2) is 115 Å². The van der Waals surface area contributed by atoms with Crippen LogP contribution in [0.1, 0.15) is 58.2 Å². The van der Waals surface area contributed by atoms with Crippen molar-refractivity contribution < 1.29 is 51.0 Å². The molecule has 3 heteroatoms. The number of halogens is 2. The number of fused-ring (bicyclic) bond motifs is 5. The van der Waals surface area contributed by atoms with Gasteiger partial charge in [-0.05, 0) is 21.6 Å². The van der Waals surface area contributed by atoms with Gasteiger partial charge in [-0.3, -0.25) is 0 Å². The van der Waals surface area contributed by atoms with Crippen molar-refractivity contribution in [3.8, 4) is 11.1 Å². The summed E-state index contributed by atoms with van der Waals surface area (Å²) in [4.78, 5) is 0. The second-order valence-corrected chi connectivity index (χ2v) is 13.5. The van der Waals surface area contributed by atoms with Crippen molar-refractivity contribution in [1.82, 2.24) is 0 Å². The number of benzene rings is 5. The third-order valence-corrected chi connectivity index (χ3v) is 8.58. The molecule has 0 aliphatic heterocycles. The van der Waals surface area contributed by atoms with Gasteiger partial charge in [0, 0.05) is 0 Å². The fraction of sp³-hybridized carbons (Fsp3) is 0.220. The minimum Gasteiger partial charge on any atom is -1.00 e. The Balaban J connectivity index is 0.000000225. The Labute approximate surface area is 294 Å². The van der Waals surface area contributed by atoms with Gasteiger partial charge < -0.3 is 24.8 Å². The maximum absolute atomic E-state index is 2.35. The number of aryl methyl sites for hydroxylation is 1. The van der Waals surface area contributed by atoms with Gasteiger partial charge in [-0.15, -0.1) is 73.8 Å². The van der Waals surface area contributed by atoms with Gasteiger partial charge in [0.2, 0.25) is 0 Å². The molecule has 0 nitrogen and oxygen atoms in total. The maximum atomic E-state index is 2.35. The van der Waals surface area contributed by atoms with E-state index in [0.717, 1.165) is 0 Å². The van der Waals surface area contributed by atoms with E-state index in [4.69, 9.17) is 0 Å². The predicted molar refractivity (Wildman–Crippen MR) is 182 cm³/mol. The molecule has 0 amide bonds. The van der Waals surface area contributed by atoms with E-state index in [1.807, 2.05) is 0 Å². The average Bonchev–Trinajstić information content (AvgIpc) is 3.49. The Morgan fingerprint density at radius 2 is 0.977 bits per heavy atom. The van der Waals surface area contributed by atoms with Crippen LogP contribution in [-0.4, -0.2) is 0 Å². The van der Waals surface area contributed by atoms with Crippen molar-refractivity contribution in [1.29, 1.82) is 0 Å². The molecule has 0 aromatic heterocycles. The maximum Gasteiger partial charge on any atom is 4.00 e. The van der Waals surface area contributed by atoms with Crippen LogP contribution in [0.3, 0.4) is 0 Å². The zero-order chi connectivity index (χ0) is 28.9. The first-order chi connectivity index (χ1) is 19.5. The first-order valence-corrected chi connectivity index (χ1v) is 14.8. The molecule has 0 aliphatic rings. The van der Waals surface area contributed by atoms with E-state index in [9.17, 15) is 0 Å². The summed E-state index contributed by atoms with van der Waals surface area (Å²) in [6, 6.07) is 42.3. The molecule has 7 aromatic rings. The van der Waals surface area contributed by atoms with E-state index in [-0.39, 0.29) is 61.8 Å². The third-order valence-electron chi connectivity index (χ3n) is 8.58. The van der Waals surface area contributed by atoms with Crippen molar-refractivity contribution in [3.63, 3.8) is 0 Å². The first-order valence-electron chi connectivity index (χ1n) is 14.8. The molecule has 0 radical (unpaired) electrons. The Morgan fingerprint density at radius 1 is 0.477 bits per heavy atom. The summed E-state index contributed by atoms with van der Waals surface area (Å²) in [5.74, 6) is 0. The van der Waals surface area contributed by atoms with Gasteiger partial charge >= 0.3 is 26.2 Å². The molecule has 0 saturated heterocycles. The monoisotopic (exact) mass is 692 g/mol. The van der Waals surface area contributed by atoms with Crippen molar-refractivity contribution in [2.75, 3.05) is 0 Å². The van der Waals surface area contributed by atoms with Crippen molar-refractivity contribution in [2.45, 2.75) is 59.3 Å². The molecule has 0 fully saturated rings. The van der Waals surface area contributed by atoms with E-state index >= 15 is 0 Å². The molecular formula is C41H40Cl2Zr. The number of rotatable bonds is 1. The van der Waals surface area contributed by atoms with Crippen LogP contribution in [0.2, 0.25) is 0 Å². The predicted octanol–water partition coefficient (Wildman–Crippen LogP) is 6.00. The quantitative estimate of drug-likeness (QED) is 0.185. The molecule has 7 rings (SSSR count). The number of hydrogen-bond donors (Lipinski definition) is 0. The second-order valence-electron chi connectivity index (χ2n) is 13.5. The van der Waals surface area contributed by atoms with Crippen LogP contribution in [0.5, 0.6) is 0 Å². The SMILES string of the molecule is CC(C)(C)c1ccc2c(c1)[cH-]c1cc(C(C)(C)C)ccc12.Cc1c(-c2cccc3ccccc23)[cH-]c2ccccc12.[Cl-].[Cl-].[Zr+4]. The molecule has 0 N–H and O–H groups in total. The van der Waals surface area contributed by atoms with Crippen molar-refractivity contribution in [3.05, 3.63) is 132 Å². The van der Waals surface area contributed by atoms with Crippen molar-refractivity contribution in [2.24, 2.45) is 0 Å². The molecule has 44 heavy (non-hydrogen) atoms. The smallest absolute Gasteiger partial charge is 1.00 e. The molecule has 0 heterocycles. The number of hydrogen-bond acceptors (Lipinski definition) is 0. The van der Waals surface area contributed by atoms with Crippen LogP contribution in [0.25, 0.3) is 54.2 Å². The van der Waals surface area contributed by atoms with E-state index in [0.29, 0.717) is 0 Å². The van der Waals surface area contributed by atoms with Gasteiger partial charge in [-0.25, -0.2) is 0 Å². The Hall–Kier alpha value is -2.70. The first kappa shape index (κ1) is 35.8. The standard InChI is InChI=1S/C21H25.C20H15.2ClH.Zr/c1-20(2,3)16-7-9-18-14(12-16)11-15-13-17(21(4,5)6)8-10-19(15)18;1-14-17-10-4-3-8-16(17)13-20(14)19-12-6-9-15-7-2-5-11-18(15)19;;;/h7-13H,1-6H3;2-13H,1H3;2*1H;/q2*-1;;;+4/p-2. The molecule has 7 aromatic carbocycles. The van der Waals surface area contributed by atoms with Gasteiger partial charge in [-0.1, -0.05) is 150 Å². The summed E-state index contributed by atoms with van der Waals surface area (Å²) < 4.78 is 0. The Kier molecular flexibility index (Phi) is 11.2. The average molecular weight is 695 g/mol. The van der Waals surface area contributed by atoms with Gasteiger partial charge in [0.1, 0.15) is 0 Å². The second kappa shape index (κ2) is 13.7. The summed E-state index contributed by atoms with van der Waals surface area (Å²) in [6.07, 6.45) is 0. The van der Waals surface area contributed by atoms with Gasteiger partial charge in [0.15, 0.2) is 0 Å². The molecule has 0 atom stereocenters. The molecular weight excluding hydrogens is 655 g/mol. The largest absolute Gasteiger partial charge is 4.00 e. The zero-order valence-electron chi connectivity index (χ0n) is 26.7. The summed E-state index contributed by atoms with van der Waals surface area (Å²) >= 11 is 0. The summed E-state index contributed by atoms with van der Waals surface area (Å²) in [5.41, 5.74) is 7.27. The van der Waals surface area contributed by atoms with E-state index in [1.165, 1.54) is 70.9 Å². The van der Waals surface area contributed by atoms with E-state index < -0.39 is 0 Å². The summed E-state index contributed by atoms with van der Waals surface area (Å²) in [6.45, 7) is 15.9. The Bertz CT molecular complexity index is 1950.